The van der Waals surface area contributed by atoms with E-state index in [1.807, 2.05) is 43.4 Å². The first-order chi connectivity index (χ1) is 22.4. The summed E-state index contributed by atoms with van der Waals surface area (Å²) in [6.45, 7) is 15.7. The van der Waals surface area contributed by atoms with Gasteiger partial charge in [-0.15, -0.1) is 24.8 Å². The lowest BCUT2D eigenvalue weighted by Gasteiger charge is -2.21. The molecule has 0 unspecified atom stereocenters. The summed E-state index contributed by atoms with van der Waals surface area (Å²) < 4.78 is 26.3. The average molecular weight is 870 g/mol. The molecule has 3 aliphatic rings. The fourth-order valence-electron chi connectivity index (χ4n) is 3.37. The Kier molecular flexibility index (Phi) is 18.7. The molecule has 2 amide bonds. The maximum atomic E-state index is 11.7. The summed E-state index contributed by atoms with van der Waals surface area (Å²) in [5.41, 5.74) is 7.62. The molecule has 3 saturated carbocycles. The summed E-state index contributed by atoms with van der Waals surface area (Å²) in [5, 5.41) is 31.5. The van der Waals surface area contributed by atoms with Crippen molar-refractivity contribution in [2.24, 2.45) is 16.6 Å². The van der Waals surface area contributed by atoms with Crippen LogP contribution in [-0.4, -0.2) is 76.2 Å². The number of nitrogens with one attached hydrogen (secondary N) is 2. The van der Waals surface area contributed by atoms with Crippen molar-refractivity contribution in [1.29, 1.82) is 0 Å². The minimum atomic E-state index is -1.07. The third kappa shape index (κ3) is 17.7. The Morgan fingerprint density at radius 2 is 1.26 bits per heavy atom. The molecule has 2 heterocycles. The van der Waals surface area contributed by atoms with E-state index in [0.29, 0.717) is 41.2 Å². The zero-order chi connectivity index (χ0) is 37.8. The first-order valence-corrected chi connectivity index (χ1v) is 16.4. The summed E-state index contributed by atoms with van der Waals surface area (Å²) in [6, 6.07) is 0. The largest absolute Gasteiger partial charge is 0.480 e. The van der Waals surface area contributed by atoms with Crippen LogP contribution in [0, 0.1) is 13.8 Å². The molecule has 5 rings (SSSR count). The monoisotopic (exact) mass is 868 g/mol. The molecule has 0 aliphatic heterocycles. The Bertz CT molecular complexity index is 1420. The van der Waals surface area contributed by atoms with E-state index in [1.54, 1.807) is 34.6 Å². The number of halogens is 3. The molecule has 0 atom stereocenters. The second kappa shape index (κ2) is 20.0. The topological polar surface area (TPSA) is 276 Å². The van der Waals surface area contributed by atoms with Crippen LogP contribution in [0.4, 0.5) is 9.59 Å². The van der Waals surface area contributed by atoms with Crippen molar-refractivity contribution in [2.75, 3.05) is 4.91 Å². The normalized spacial score (nSPS) is 16.9. The summed E-state index contributed by atoms with van der Waals surface area (Å²) in [4.78, 5) is 42.3. The van der Waals surface area contributed by atoms with E-state index in [-0.39, 0.29) is 36.2 Å². The van der Waals surface area contributed by atoms with Crippen LogP contribution in [0.25, 0.3) is 0 Å². The van der Waals surface area contributed by atoms with E-state index < -0.39 is 40.4 Å². The maximum Gasteiger partial charge on any atom is 0.408 e. The lowest BCUT2D eigenvalue weighted by molar-refractivity contribution is -0.140. The molecule has 0 aromatic carbocycles. The number of ether oxygens (including phenoxy) is 2. The van der Waals surface area contributed by atoms with Gasteiger partial charge in [0.2, 0.25) is 5.89 Å². The number of rotatable bonds is 5. The van der Waals surface area contributed by atoms with E-state index in [2.05, 4.69) is 36.1 Å². The van der Waals surface area contributed by atoms with Gasteiger partial charge >= 0.3 is 18.2 Å². The van der Waals surface area contributed by atoms with Gasteiger partial charge in [0.15, 0.2) is 11.6 Å². The number of carbonyl (C=O) groups excluding carboxylic acids is 2. The Balaban J connectivity index is 0. The highest BCUT2D eigenvalue weighted by molar-refractivity contribution is 14.1. The van der Waals surface area contributed by atoms with Crippen LogP contribution in [0.1, 0.15) is 112 Å². The minimum Gasteiger partial charge on any atom is -0.480 e. The summed E-state index contributed by atoms with van der Waals surface area (Å²) in [5.74, 6) is 1.46. The number of carboxylic acids is 1. The van der Waals surface area contributed by atoms with Gasteiger partial charge in [-0.1, -0.05) is 38.1 Å². The number of amidine groups is 1. The highest BCUT2D eigenvalue weighted by Gasteiger charge is 2.53. The van der Waals surface area contributed by atoms with Gasteiger partial charge in [-0.25, -0.2) is 14.4 Å². The number of nitrogens with zero attached hydrogens (tertiary/aromatic N) is 5. The molecule has 2 aromatic heterocycles. The molecule has 3 fully saturated rings. The van der Waals surface area contributed by atoms with Gasteiger partial charge in [0, 0.05) is 1.37 Å². The van der Waals surface area contributed by atoms with Crippen molar-refractivity contribution in [3.63, 3.8) is 0 Å². The van der Waals surface area contributed by atoms with E-state index in [1.165, 1.54) is 6.92 Å². The van der Waals surface area contributed by atoms with Crippen LogP contribution in [-0.2, 0) is 25.3 Å². The SMILES string of the molecule is C/C(N)=N/O.CC(C)(C)OC(=O)NC1(C(=O)O)CC1.Cc1noc(C2(N)CC2)n1.Cc1noc(C2(NC(=O)OC(C)(C)C)CC2)n1.Cl.Cl.[2H]CI. The predicted octanol–water partition coefficient (Wildman–Crippen LogP) is 4.99. The van der Waals surface area contributed by atoms with E-state index in [0.717, 1.165) is 25.7 Å². The Morgan fingerprint density at radius 1 is 0.880 bits per heavy atom. The quantitative estimate of drug-likeness (QED) is 0.0577. The third-order valence-electron chi connectivity index (χ3n) is 6.23. The van der Waals surface area contributed by atoms with Gasteiger partial charge in [-0.05, 0) is 106 Å². The number of oxime groups is 1. The van der Waals surface area contributed by atoms with Crippen LogP contribution >= 0.6 is 47.4 Å². The van der Waals surface area contributed by atoms with Gasteiger partial charge in [-0.2, -0.15) is 9.97 Å². The molecule has 0 bridgehead atoms. The molecule has 2 aromatic rings. The Hall–Kier alpha value is -3.17. The van der Waals surface area contributed by atoms with Crippen LogP contribution in [0.5, 0.6) is 0 Å². The van der Waals surface area contributed by atoms with Crippen molar-refractivity contribution in [2.45, 2.75) is 129 Å². The van der Waals surface area contributed by atoms with Gasteiger partial charge in [0.25, 0.3) is 5.89 Å². The fraction of sp³-hybridized carbons (Fsp3) is 0.724. The molecule has 21 heteroatoms. The average Bonchev–Trinajstić information content (AvgIpc) is 3.92. The predicted molar refractivity (Wildman–Crippen MR) is 196 cm³/mol. The van der Waals surface area contributed by atoms with Crippen LogP contribution in [0.3, 0.4) is 0 Å². The van der Waals surface area contributed by atoms with Crippen molar-refractivity contribution >= 4 is 71.4 Å². The second-order valence-electron chi connectivity index (χ2n) is 13.4. The number of alkyl halides is 1. The van der Waals surface area contributed by atoms with Gasteiger partial charge in [0.05, 0.1) is 5.54 Å². The number of aromatic nitrogens is 4. The molecule has 18 nitrogen and oxygen atoms in total. The van der Waals surface area contributed by atoms with E-state index in [4.69, 9.17) is 41.7 Å². The van der Waals surface area contributed by atoms with Crippen molar-refractivity contribution in [1.82, 2.24) is 30.9 Å². The van der Waals surface area contributed by atoms with Gasteiger partial charge < -0.3 is 50.9 Å². The number of aliphatic carboxylic acids is 1. The molecular formula is C29H52Cl2IN9O9. The van der Waals surface area contributed by atoms with Gasteiger partial charge in [-0.3, -0.25) is 0 Å². The molecular weight excluding hydrogens is 816 g/mol. The fourth-order valence-corrected chi connectivity index (χ4v) is 3.37. The van der Waals surface area contributed by atoms with Crippen molar-refractivity contribution < 1.29 is 44.6 Å². The lowest BCUT2D eigenvalue weighted by Crippen LogP contribution is -2.45. The van der Waals surface area contributed by atoms with E-state index >= 15 is 0 Å². The van der Waals surface area contributed by atoms with Crippen molar-refractivity contribution in [3.8, 4) is 0 Å². The first kappa shape index (κ1) is 46.8. The van der Waals surface area contributed by atoms with Gasteiger partial charge in [0.1, 0.15) is 28.1 Å². The second-order valence-corrected chi connectivity index (χ2v) is 13.4. The van der Waals surface area contributed by atoms with Crippen LogP contribution < -0.4 is 22.1 Å². The van der Waals surface area contributed by atoms with E-state index in [9.17, 15) is 14.4 Å². The number of amides is 2. The number of aryl methyl sites for hydroxylation is 2. The number of nitrogens with two attached hydrogens (primary N) is 2. The number of carbonyl (C=O) groups is 3. The van der Waals surface area contributed by atoms with Crippen LogP contribution in [0.15, 0.2) is 14.2 Å². The number of hydrogen-bond donors (Lipinski definition) is 6. The standard InChI is InChI=1S/C11H17N3O3.C9H15NO4.C6H9N3O.C2H6N2O.CH3I.2ClH/c1-7-12-8(17-14-7)11(5-6-11)13-9(15)16-10(2,3)4;1-8(2,3)14-7(13)10-9(4-5-9)6(11)12;1-4-8-5(10-9-4)6(7)2-3-6;1-2(3)4-5;1-2;;/h5-6H2,1-4H3,(H,13,15);4-5H2,1-3H3,(H,10,13)(H,11,12);2-3,7H2,1H3;5H,1H3,(H2,3,4);1H3;2*1H/i;;;;1D;;. The molecule has 0 radical (unpaired) electrons. The Labute approximate surface area is 319 Å². The molecule has 288 valence electrons. The molecule has 3 aliphatic carbocycles. The smallest absolute Gasteiger partial charge is 0.408 e. The third-order valence-corrected chi connectivity index (χ3v) is 6.23. The zero-order valence-corrected chi connectivity index (χ0v) is 33.6. The minimum absolute atomic E-state index is 0. The summed E-state index contributed by atoms with van der Waals surface area (Å²) in [7, 11) is 0. The molecule has 50 heavy (non-hydrogen) atoms. The molecule has 8 N–H and O–H groups in total. The molecule has 0 saturated heterocycles. The summed E-state index contributed by atoms with van der Waals surface area (Å²) in [6.07, 6.45) is 3.36. The number of hydrogen-bond acceptors (Lipinski definition) is 14. The summed E-state index contributed by atoms with van der Waals surface area (Å²) >= 11 is 1.96. The Morgan fingerprint density at radius 3 is 1.52 bits per heavy atom. The molecule has 0 spiro atoms. The number of alkyl carbamates (subject to hydrolysis) is 2. The highest BCUT2D eigenvalue weighted by atomic mass is 127. The van der Waals surface area contributed by atoms with Crippen LogP contribution in [0.2, 0.25) is 0 Å². The zero-order valence-electron chi connectivity index (χ0n) is 30.8. The highest BCUT2D eigenvalue weighted by Crippen LogP contribution is 2.45. The van der Waals surface area contributed by atoms with Crippen molar-refractivity contribution in [3.05, 3.63) is 23.4 Å². The number of carboxylic acid groups (broad SMARTS) is 1. The lowest BCUT2D eigenvalue weighted by atomic mass is 10.2. The maximum absolute atomic E-state index is 11.7. The first-order valence-electron chi connectivity index (χ1n) is 15.6.